The molecule has 7 heteroatoms. The average Bonchev–Trinajstić information content (AvgIpc) is 2.70. The second kappa shape index (κ2) is 3.69. The molecule has 0 unspecified atom stereocenters. The van der Waals surface area contributed by atoms with Crippen LogP contribution in [0.15, 0.2) is 0 Å². The van der Waals surface area contributed by atoms with Crippen LogP contribution < -0.4 is 4.80 Å². The number of aromatic amines is 1. The van der Waals surface area contributed by atoms with Crippen molar-refractivity contribution in [1.82, 2.24) is 14.8 Å². The van der Waals surface area contributed by atoms with E-state index in [1.54, 1.807) is 14.0 Å². The van der Waals surface area contributed by atoms with E-state index in [4.69, 9.17) is 4.74 Å². The van der Waals surface area contributed by atoms with Gasteiger partial charge < -0.3 is 4.74 Å². The molecule has 0 saturated heterocycles. The number of hydrogen-bond donors (Lipinski definition) is 1. The van der Waals surface area contributed by atoms with Crippen molar-refractivity contribution in [2.45, 2.75) is 13.8 Å². The Labute approximate surface area is 96.9 Å². The minimum atomic E-state index is -0.500. The lowest BCUT2D eigenvalue weighted by Crippen LogP contribution is -2.34. The van der Waals surface area contributed by atoms with Crippen LogP contribution in [-0.2, 0) is 11.8 Å². The summed E-state index contributed by atoms with van der Waals surface area (Å²) in [6, 6.07) is 0. The number of Topliss-reactive ketones (excluding diaryl/α,β-unsaturated/α-hetero) is 1. The van der Waals surface area contributed by atoms with Crippen LogP contribution in [0.25, 0.3) is 5.65 Å². The molecule has 0 bridgehead atoms. The van der Waals surface area contributed by atoms with Gasteiger partial charge in [-0.25, -0.2) is 4.79 Å². The van der Waals surface area contributed by atoms with Crippen LogP contribution in [-0.4, -0.2) is 33.7 Å². The summed E-state index contributed by atoms with van der Waals surface area (Å²) in [4.78, 5) is 24.7. The molecule has 0 aromatic carbocycles. The molecular formula is C10H13N4O3+. The highest BCUT2D eigenvalue weighted by Gasteiger charge is 2.31. The van der Waals surface area contributed by atoms with Crippen molar-refractivity contribution < 1.29 is 19.1 Å². The van der Waals surface area contributed by atoms with Crippen LogP contribution in [0.5, 0.6) is 0 Å². The molecule has 2 rings (SSSR count). The zero-order chi connectivity index (χ0) is 12.7. The van der Waals surface area contributed by atoms with Gasteiger partial charge in [0.1, 0.15) is 12.6 Å². The lowest BCUT2D eigenvalue weighted by molar-refractivity contribution is -0.783. The Balaban J connectivity index is 2.87. The molecule has 2 aromatic rings. The summed E-state index contributed by atoms with van der Waals surface area (Å²) in [5.74, 6) is -0.642. The standard InChI is InChI=1S/C10H12N4O3/c1-5-7(10(16)17-4)9-11-13(3)12-14(9)8(5)6(2)15/h1-4H3/p+1. The molecule has 0 fully saturated rings. The maximum atomic E-state index is 11.7. The first kappa shape index (κ1) is 11.3. The Bertz CT molecular complexity index is 623. The molecule has 0 aliphatic rings. The fraction of sp³-hybridized carbons (Fsp3) is 0.400. The first-order valence-corrected chi connectivity index (χ1v) is 5.04. The minimum absolute atomic E-state index is 0.142. The molecule has 0 radical (unpaired) electrons. The second-order valence-corrected chi connectivity index (χ2v) is 3.78. The van der Waals surface area contributed by atoms with E-state index in [1.165, 1.54) is 23.3 Å². The lowest BCUT2D eigenvalue weighted by Gasteiger charge is -1.95. The summed E-state index contributed by atoms with van der Waals surface area (Å²) in [6.45, 7) is 3.14. The normalized spacial score (nSPS) is 10.8. The van der Waals surface area contributed by atoms with E-state index in [9.17, 15) is 9.59 Å². The molecule has 0 aliphatic heterocycles. The zero-order valence-corrected chi connectivity index (χ0v) is 10.1. The average molecular weight is 237 g/mol. The van der Waals surface area contributed by atoms with E-state index in [2.05, 4.69) is 10.3 Å². The van der Waals surface area contributed by atoms with Crippen molar-refractivity contribution in [3.05, 3.63) is 16.8 Å². The van der Waals surface area contributed by atoms with Crippen molar-refractivity contribution in [2.75, 3.05) is 7.11 Å². The Kier molecular flexibility index (Phi) is 2.45. The van der Waals surface area contributed by atoms with Gasteiger partial charge in [-0.3, -0.25) is 4.79 Å². The number of esters is 1. The van der Waals surface area contributed by atoms with Gasteiger partial charge >= 0.3 is 11.6 Å². The van der Waals surface area contributed by atoms with Crippen LogP contribution in [0.3, 0.4) is 0 Å². The topological polar surface area (TPSA) is 80.3 Å². The number of aryl methyl sites for hydroxylation is 1. The maximum Gasteiger partial charge on any atom is 0.344 e. The van der Waals surface area contributed by atoms with Crippen molar-refractivity contribution in [2.24, 2.45) is 7.05 Å². The highest BCUT2D eigenvalue weighted by Crippen LogP contribution is 2.21. The van der Waals surface area contributed by atoms with Crippen LogP contribution in [0.4, 0.5) is 0 Å². The molecule has 0 saturated carbocycles. The van der Waals surface area contributed by atoms with Crippen LogP contribution in [0, 0.1) is 6.92 Å². The quantitative estimate of drug-likeness (QED) is 0.445. The molecule has 0 amide bonds. The van der Waals surface area contributed by atoms with E-state index < -0.39 is 5.97 Å². The predicted octanol–water partition coefficient (Wildman–Crippen LogP) is -0.215. The van der Waals surface area contributed by atoms with Gasteiger partial charge in [0.2, 0.25) is 11.5 Å². The molecule has 0 atom stereocenters. The fourth-order valence-corrected chi connectivity index (χ4v) is 1.94. The predicted molar refractivity (Wildman–Crippen MR) is 56.8 cm³/mol. The summed E-state index contributed by atoms with van der Waals surface area (Å²) in [5, 5.41) is 6.96. The van der Waals surface area contributed by atoms with Crippen LogP contribution in [0.2, 0.25) is 0 Å². The number of methoxy groups -OCH3 is 1. The number of carbonyl (C=O) groups excluding carboxylic acids is 2. The number of aromatic nitrogens is 4. The van der Waals surface area contributed by atoms with E-state index in [-0.39, 0.29) is 5.78 Å². The third kappa shape index (κ3) is 1.50. The number of ketones is 1. The van der Waals surface area contributed by atoms with Gasteiger partial charge in [-0.15, -0.1) is 0 Å². The molecule has 1 N–H and O–H groups in total. The summed E-state index contributed by atoms with van der Waals surface area (Å²) < 4.78 is 6.19. The number of hydrogen-bond acceptors (Lipinski definition) is 4. The molecule has 2 aromatic heterocycles. The highest BCUT2D eigenvalue weighted by atomic mass is 16.5. The third-order valence-electron chi connectivity index (χ3n) is 2.60. The van der Waals surface area contributed by atoms with Gasteiger partial charge in [0.15, 0.2) is 0 Å². The first-order valence-electron chi connectivity index (χ1n) is 5.04. The third-order valence-corrected chi connectivity index (χ3v) is 2.60. The number of nitrogens with zero attached hydrogens (tertiary/aromatic N) is 3. The largest absolute Gasteiger partial charge is 0.465 e. The summed E-state index contributed by atoms with van der Waals surface area (Å²) in [7, 11) is 2.97. The Morgan fingerprint density at radius 2 is 2.12 bits per heavy atom. The number of tetrazole rings is 1. The molecule has 17 heavy (non-hydrogen) atoms. The second-order valence-electron chi connectivity index (χ2n) is 3.78. The fourth-order valence-electron chi connectivity index (χ4n) is 1.94. The van der Waals surface area contributed by atoms with Crippen LogP contribution in [0.1, 0.15) is 33.3 Å². The highest BCUT2D eigenvalue weighted by molar-refractivity contribution is 6.04. The molecule has 0 aliphatic carbocycles. The van der Waals surface area contributed by atoms with Crippen molar-refractivity contribution in [3.63, 3.8) is 0 Å². The van der Waals surface area contributed by atoms with Gasteiger partial charge in [0.25, 0.3) is 0 Å². The van der Waals surface area contributed by atoms with E-state index >= 15 is 0 Å². The van der Waals surface area contributed by atoms with Gasteiger partial charge in [0.05, 0.1) is 7.11 Å². The SMILES string of the molecule is COC(=O)c1c(C)c(C(C)=O)n2[nH][n+](C)nc12. The molecular weight excluding hydrogens is 224 g/mol. The van der Waals surface area contributed by atoms with E-state index in [0.29, 0.717) is 22.5 Å². The molecule has 2 heterocycles. The summed E-state index contributed by atoms with van der Waals surface area (Å²) in [6.07, 6.45) is 0. The number of nitrogens with one attached hydrogen (secondary N) is 1. The maximum absolute atomic E-state index is 11.7. The van der Waals surface area contributed by atoms with Crippen molar-refractivity contribution in [3.8, 4) is 0 Å². The Hall–Kier alpha value is -2.18. The monoisotopic (exact) mass is 237 g/mol. The summed E-state index contributed by atoms with van der Waals surface area (Å²) >= 11 is 0. The zero-order valence-electron chi connectivity index (χ0n) is 10.1. The van der Waals surface area contributed by atoms with E-state index in [0.717, 1.165) is 0 Å². The molecule has 7 nitrogen and oxygen atoms in total. The number of carbonyl (C=O) groups is 2. The lowest BCUT2D eigenvalue weighted by atomic mass is 10.1. The summed E-state index contributed by atoms with van der Waals surface area (Å²) in [5.41, 5.74) is 1.69. The number of rotatable bonds is 2. The van der Waals surface area contributed by atoms with Crippen molar-refractivity contribution >= 4 is 17.4 Å². The Morgan fingerprint density at radius 1 is 1.47 bits per heavy atom. The number of H-pyrrole nitrogens is 1. The van der Waals surface area contributed by atoms with Gasteiger partial charge in [-0.1, -0.05) is 14.5 Å². The molecule has 90 valence electrons. The van der Waals surface area contributed by atoms with Gasteiger partial charge in [0, 0.05) is 12.5 Å². The van der Waals surface area contributed by atoms with Crippen molar-refractivity contribution in [1.29, 1.82) is 0 Å². The number of fused-ring (bicyclic) bond motifs is 1. The van der Waals surface area contributed by atoms with Gasteiger partial charge in [-0.05, 0) is 12.0 Å². The first-order chi connectivity index (χ1) is 7.97. The smallest absolute Gasteiger partial charge is 0.344 e. The van der Waals surface area contributed by atoms with Gasteiger partial charge in [-0.2, -0.15) is 0 Å². The minimum Gasteiger partial charge on any atom is -0.465 e. The van der Waals surface area contributed by atoms with Crippen LogP contribution >= 0.6 is 0 Å². The molecule has 0 spiro atoms. The number of ether oxygens (including phenoxy) is 1. The van der Waals surface area contributed by atoms with E-state index in [1.807, 2.05) is 0 Å². The Morgan fingerprint density at radius 3 is 2.65 bits per heavy atom.